The fraction of sp³-hybridized carbons (Fsp3) is 0.0800. The van der Waals surface area contributed by atoms with Crippen LogP contribution in [0.5, 0.6) is 11.5 Å². The van der Waals surface area contributed by atoms with E-state index in [2.05, 4.69) is 21.0 Å². The number of hydrogen-bond donors (Lipinski definition) is 0. The van der Waals surface area contributed by atoms with Crippen molar-refractivity contribution >= 4 is 44.0 Å². The molecule has 0 aliphatic rings. The number of aromatic nitrogens is 2. The molecule has 0 saturated heterocycles. The second-order valence-corrected chi connectivity index (χ2v) is 8.11. The molecular formula is C25H18BrN3O4. The van der Waals surface area contributed by atoms with E-state index in [-0.39, 0.29) is 5.56 Å². The van der Waals surface area contributed by atoms with Gasteiger partial charge in [0.1, 0.15) is 5.58 Å². The zero-order chi connectivity index (χ0) is 22.9. The van der Waals surface area contributed by atoms with Gasteiger partial charge in [-0.2, -0.15) is 9.78 Å². The summed E-state index contributed by atoms with van der Waals surface area (Å²) in [4.78, 5) is 18.1. The van der Waals surface area contributed by atoms with Gasteiger partial charge in [-0.15, -0.1) is 0 Å². The predicted octanol–water partition coefficient (Wildman–Crippen LogP) is 5.47. The first kappa shape index (κ1) is 21.0. The van der Waals surface area contributed by atoms with Crippen LogP contribution in [0.25, 0.3) is 33.5 Å². The Kier molecular flexibility index (Phi) is 5.43. The van der Waals surface area contributed by atoms with Crippen molar-refractivity contribution in [1.29, 1.82) is 0 Å². The first-order valence-corrected chi connectivity index (χ1v) is 10.8. The summed E-state index contributed by atoms with van der Waals surface area (Å²) in [6.07, 6.45) is 1.54. The van der Waals surface area contributed by atoms with E-state index in [4.69, 9.17) is 18.9 Å². The van der Waals surface area contributed by atoms with Crippen LogP contribution in [0.15, 0.2) is 85.5 Å². The number of halogens is 1. The summed E-state index contributed by atoms with van der Waals surface area (Å²) in [5.74, 6) is 1.77. The van der Waals surface area contributed by atoms with Crippen LogP contribution in [-0.2, 0) is 0 Å². The molecule has 0 aliphatic carbocycles. The molecule has 0 saturated carbocycles. The Morgan fingerprint density at radius 2 is 1.82 bits per heavy atom. The third kappa shape index (κ3) is 3.78. The molecular weight excluding hydrogens is 486 g/mol. The Bertz CT molecular complexity index is 1550. The third-order valence-electron chi connectivity index (χ3n) is 5.18. The van der Waals surface area contributed by atoms with Crippen molar-refractivity contribution < 1.29 is 13.9 Å². The van der Waals surface area contributed by atoms with Gasteiger partial charge in [0.2, 0.25) is 5.82 Å². The maximum Gasteiger partial charge on any atom is 0.282 e. The predicted molar refractivity (Wildman–Crippen MR) is 131 cm³/mol. The number of rotatable bonds is 5. The van der Waals surface area contributed by atoms with Gasteiger partial charge in [-0.05, 0) is 36.4 Å². The molecule has 0 spiro atoms. The van der Waals surface area contributed by atoms with Crippen LogP contribution in [0.1, 0.15) is 5.56 Å². The minimum atomic E-state index is -0.312. The van der Waals surface area contributed by atoms with E-state index in [1.807, 2.05) is 42.5 Å². The Morgan fingerprint density at radius 1 is 1.03 bits per heavy atom. The molecule has 7 nitrogen and oxygen atoms in total. The van der Waals surface area contributed by atoms with Crippen molar-refractivity contribution in [2.75, 3.05) is 14.2 Å². The zero-order valence-corrected chi connectivity index (χ0v) is 19.4. The summed E-state index contributed by atoms with van der Waals surface area (Å²) in [6.45, 7) is 0. The molecule has 164 valence electrons. The molecule has 0 radical (unpaired) electrons. The fourth-order valence-corrected chi connectivity index (χ4v) is 4.11. The number of methoxy groups -OCH3 is 2. The van der Waals surface area contributed by atoms with Gasteiger partial charge in [-0.25, -0.2) is 4.98 Å². The first-order valence-electron chi connectivity index (χ1n) is 10.1. The van der Waals surface area contributed by atoms with Gasteiger partial charge in [0.25, 0.3) is 5.56 Å². The molecule has 0 aliphatic heterocycles. The molecule has 2 aromatic heterocycles. The summed E-state index contributed by atoms with van der Waals surface area (Å²) in [7, 11) is 3.11. The lowest BCUT2D eigenvalue weighted by Crippen LogP contribution is -2.20. The van der Waals surface area contributed by atoms with Crippen molar-refractivity contribution in [1.82, 2.24) is 9.66 Å². The van der Waals surface area contributed by atoms with Gasteiger partial charge in [-0.3, -0.25) is 4.79 Å². The van der Waals surface area contributed by atoms with Crippen LogP contribution < -0.4 is 15.0 Å². The van der Waals surface area contributed by atoms with Crippen molar-refractivity contribution in [2.24, 2.45) is 5.10 Å². The second-order valence-electron chi connectivity index (χ2n) is 7.19. The van der Waals surface area contributed by atoms with E-state index in [1.165, 1.54) is 10.9 Å². The normalized spacial score (nSPS) is 11.5. The van der Waals surface area contributed by atoms with Gasteiger partial charge < -0.3 is 13.9 Å². The summed E-state index contributed by atoms with van der Waals surface area (Å²) in [6, 6.07) is 20.2. The number of ether oxygens (including phenoxy) is 2. The topological polar surface area (TPSA) is 78.9 Å². The summed E-state index contributed by atoms with van der Waals surface area (Å²) in [5.41, 5.74) is 1.57. The lowest BCUT2D eigenvalue weighted by molar-refractivity contribution is 0.354. The Labute approximate surface area is 197 Å². The summed E-state index contributed by atoms with van der Waals surface area (Å²) < 4.78 is 18.9. The van der Waals surface area contributed by atoms with Gasteiger partial charge in [0.15, 0.2) is 17.3 Å². The molecule has 8 heteroatoms. The molecule has 0 bridgehead atoms. The van der Waals surface area contributed by atoms with Crippen LogP contribution in [0.3, 0.4) is 0 Å². The average Bonchev–Trinajstić information content (AvgIpc) is 3.27. The van der Waals surface area contributed by atoms with Gasteiger partial charge in [0.05, 0.1) is 31.3 Å². The van der Waals surface area contributed by atoms with E-state index in [0.717, 1.165) is 9.86 Å². The number of benzene rings is 3. The Morgan fingerprint density at radius 3 is 2.61 bits per heavy atom. The lowest BCUT2D eigenvalue weighted by atomic mass is 10.2. The molecule has 0 fully saturated rings. The highest BCUT2D eigenvalue weighted by Crippen LogP contribution is 2.34. The third-order valence-corrected chi connectivity index (χ3v) is 5.64. The number of furan rings is 1. The molecule has 3 aromatic carbocycles. The lowest BCUT2D eigenvalue weighted by Gasteiger charge is -2.11. The molecule has 5 aromatic rings. The standard InChI is InChI=1S/C25H18BrN3O4/c1-31-21-13-17(26)11-16(23(21)32-2)14-27-29-24(22-12-15-7-3-6-10-20(15)33-22)28-19-9-5-4-8-18(19)25(29)30/h3-14H,1-2H3. The molecule has 2 heterocycles. The monoisotopic (exact) mass is 503 g/mol. The summed E-state index contributed by atoms with van der Waals surface area (Å²) in [5, 5.41) is 5.86. The van der Waals surface area contributed by atoms with Crippen molar-refractivity contribution in [3.63, 3.8) is 0 Å². The minimum Gasteiger partial charge on any atom is -0.493 e. The minimum absolute atomic E-state index is 0.298. The number of nitrogens with zero attached hydrogens (tertiary/aromatic N) is 3. The van der Waals surface area contributed by atoms with Crippen LogP contribution in [0.2, 0.25) is 0 Å². The number of para-hydroxylation sites is 2. The number of hydrogen-bond acceptors (Lipinski definition) is 6. The largest absolute Gasteiger partial charge is 0.493 e. The van der Waals surface area contributed by atoms with Gasteiger partial charge in [-0.1, -0.05) is 46.3 Å². The zero-order valence-electron chi connectivity index (χ0n) is 17.8. The van der Waals surface area contributed by atoms with E-state index >= 15 is 0 Å². The van der Waals surface area contributed by atoms with E-state index < -0.39 is 0 Å². The van der Waals surface area contributed by atoms with Crippen LogP contribution in [0.4, 0.5) is 0 Å². The van der Waals surface area contributed by atoms with Crippen LogP contribution in [-0.4, -0.2) is 30.1 Å². The van der Waals surface area contributed by atoms with E-state index in [9.17, 15) is 4.79 Å². The average molecular weight is 504 g/mol. The second kappa shape index (κ2) is 8.55. The fourth-order valence-electron chi connectivity index (χ4n) is 3.66. The maximum absolute atomic E-state index is 13.4. The summed E-state index contributed by atoms with van der Waals surface area (Å²) >= 11 is 3.47. The van der Waals surface area contributed by atoms with E-state index in [1.54, 1.807) is 38.5 Å². The van der Waals surface area contributed by atoms with Crippen molar-refractivity contribution in [2.45, 2.75) is 0 Å². The smallest absolute Gasteiger partial charge is 0.282 e. The molecule has 0 amide bonds. The van der Waals surface area contributed by atoms with Gasteiger partial charge in [0, 0.05) is 15.4 Å². The molecule has 0 unspecified atom stereocenters. The molecule has 33 heavy (non-hydrogen) atoms. The molecule has 0 N–H and O–H groups in total. The highest BCUT2D eigenvalue weighted by atomic mass is 79.9. The van der Waals surface area contributed by atoms with Crippen LogP contribution >= 0.6 is 15.9 Å². The highest BCUT2D eigenvalue weighted by molar-refractivity contribution is 9.10. The van der Waals surface area contributed by atoms with Crippen molar-refractivity contribution in [3.8, 4) is 23.1 Å². The van der Waals surface area contributed by atoms with Crippen molar-refractivity contribution in [3.05, 3.63) is 87.1 Å². The Balaban J connectivity index is 1.74. The SMILES string of the molecule is COc1cc(Br)cc(C=Nn2c(-c3cc4ccccc4o3)nc3ccccc3c2=O)c1OC. The highest BCUT2D eigenvalue weighted by Gasteiger charge is 2.17. The van der Waals surface area contributed by atoms with Gasteiger partial charge >= 0.3 is 0 Å². The maximum atomic E-state index is 13.4. The molecule has 0 atom stereocenters. The molecule has 5 rings (SSSR count). The van der Waals surface area contributed by atoms with E-state index in [0.29, 0.717) is 45.1 Å². The first-order chi connectivity index (χ1) is 16.1. The number of fused-ring (bicyclic) bond motifs is 2. The van der Waals surface area contributed by atoms with Crippen LogP contribution in [0, 0.1) is 0 Å². The Hall–Kier alpha value is -3.91. The quantitative estimate of drug-likeness (QED) is 0.297.